The molecule has 0 fully saturated rings. The van der Waals surface area contributed by atoms with E-state index < -0.39 is 15.3 Å². The van der Waals surface area contributed by atoms with Crippen molar-refractivity contribution in [2.45, 2.75) is 0 Å². The molecule has 2 aromatic rings. The molecule has 0 aliphatic rings. The van der Waals surface area contributed by atoms with Crippen LogP contribution in [-0.4, -0.2) is 17.6 Å². The van der Waals surface area contributed by atoms with E-state index in [-0.39, 0.29) is 0 Å². The molecule has 0 spiro atoms. The Labute approximate surface area is 86.2 Å². The van der Waals surface area contributed by atoms with Gasteiger partial charge in [-0.05, 0) is 12.1 Å². The fourth-order valence-corrected chi connectivity index (χ4v) is 2.20. The number of fused-ring (bicyclic) bond motifs is 1. The van der Waals surface area contributed by atoms with Gasteiger partial charge in [0.2, 0.25) is 0 Å². The van der Waals surface area contributed by atoms with Crippen LogP contribution in [0.3, 0.4) is 0 Å². The van der Waals surface area contributed by atoms with Crippen molar-refractivity contribution in [3.63, 3.8) is 0 Å². The summed E-state index contributed by atoms with van der Waals surface area (Å²) < 4.78 is 23.9. The van der Waals surface area contributed by atoms with Gasteiger partial charge >= 0.3 is 15.3 Å². The van der Waals surface area contributed by atoms with Gasteiger partial charge in [-0.2, -0.15) is 8.42 Å². The molecule has 1 heterocycles. The fraction of sp³-hybridized carbons (Fsp3) is 0. The van der Waals surface area contributed by atoms with Crippen LogP contribution < -0.4 is 5.73 Å². The third-order valence-corrected chi connectivity index (χ3v) is 3.42. The lowest BCUT2D eigenvalue weighted by Crippen LogP contribution is -2.27. The van der Waals surface area contributed by atoms with Crippen LogP contribution in [0.4, 0.5) is 4.79 Å². The van der Waals surface area contributed by atoms with Gasteiger partial charge in [-0.15, -0.1) is 0 Å². The molecule has 0 unspecified atom stereocenters. The van der Waals surface area contributed by atoms with Crippen molar-refractivity contribution in [1.82, 2.24) is 3.97 Å². The van der Waals surface area contributed by atoms with Crippen molar-refractivity contribution in [2.24, 2.45) is 5.73 Å². The highest BCUT2D eigenvalue weighted by atomic mass is 32.2. The molecule has 0 atom stereocenters. The van der Waals surface area contributed by atoms with Gasteiger partial charge in [-0.1, -0.05) is 18.2 Å². The van der Waals surface area contributed by atoms with Crippen LogP contribution in [0.1, 0.15) is 0 Å². The van der Waals surface area contributed by atoms with Crippen LogP contribution >= 0.6 is 0 Å². The van der Waals surface area contributed by atoms with E-state index in [0.717, 1.165) is 9.36 Å². The summed E-state index contributed by atoms with van der Waals surface area (Å²) in [5.74, 6) is 0. The molecule has 5 nitrogen and oxygen atoms in total. The van der Waals surface area contributed by atoms with Crippen LogP contribution in [0.15, 0.2) is 36.5 Å². The monoisotopic (exact) mass is 224 g/mol. The Bertz CT molecular complexity index is 628. The first-order valence-electron chi connectivity index (χ1n) is 4.14. The largest absolute Gasteiger partial charge is 0.355 e. The Kier molecular flexibility index (Phi) is 2.01. The predicted molar refractivity (Wildman–Crippen MR) is 55.8 cm³/mol. The van der Waals surface area contributed by atoms with E-state index in [2.05, 4.69) is 0 Å². The van der Waals surface area contributed by atoms with Gasteiger partial charge in [-0.3, -0.25) is 4.79 Å². The minimum atomic E-state index is -4.10. The van der Waals surface area contributed by atoms with Crippen LogP contribution in [-0.2, 0) is 10.0 Å². The van der Waals surface area contributed by atoms with Gasteiger partial charge in [0.25, 0.3) is 0 Å². The molecule has 1 aromatic carbocycles. The molecule has 2 rings (SSSR count). The van der Waals surface area contributed by atoms with Crippen LogP contribution in [0.5, 0.6) is 0 Å². The van der Waals surface area contributed by atoms with Gasteiger partial charge in [-0.25, -0.2) is 3.97 Å². The smallest absolute Gasteiger partial charge is 0.354 e. The number of hydrogen-bond acceptors (Lipinski definition) is 3. The molecule has 2 N–H and O–H groups in total. The standard InChI is InChI=1S/C9H8N2O3S/c10-9(12)15(13,14)11-6-5-7-3-1-2-4-8(7)11/h1-6H,(H2,10,12). The summed E-state index contributed by atoms with van der Waals surface area (Å²) in [5.41, 5.74) is 5.25. The van der Waals surface area contributed by atoms with E-state index in [0.29, 0.717) is 5.52 Å². The Hall–Kier alpha value is -1.82. The zero-order chi connectivity index (χ0) is 11.1. The highest BCUT2D eigenvalue weighted by molar-refractivity contribution is 8.04. The van der Waals surface area contributed by atoms with Crippen LogP contribution in [0, 0.1) is 0 Å². The van der Waals surface area contributed by atoms with Crippen molar-refractivity contribution < 1.29 is 13.2 Å². The van der Waals surface area contributed by atoms with Gasteiger partial charge in [0, 0.05) is 11.6 Å². The number of nitrogens with two attached hydrogens (primary N) is 1. The zero-order valence-corrected chi connectivity index (χ0v) is 8.44. The van der Waals surface area contributed by atoms with Gasteiger partial charge in [0.05, 0.1) is 5.52 Å². The first kappa shape index (κ1) is 9.72. The van der Waals surface area contributed by atoms with E-state index in [1.165, 1.54) is 6.20 Å². The molecule has 0 saturated heterocycles. The predicted octanol–water partition coefficient (Wildman–Crippen LogP) is 0.898. The minimum Gasteiger partial charge on any atom is -0.355 e. The second-order valence-corrected chi connectivity index (χ2v) is 4.74. The van der Waals surface area contributed by atoms with E-state index in [1.807, 2.05) is 0 Å². The summed E-state index contributed by atoms with van der Waals surface area (Å²) in [6, 6.07) is 8.44. The van der Waals surface area contributed by atoms with Gasteiger partial charge < -0.3 is 5.73 Å². The molecule has 15 heavy (non-hydrogen) atoms. The van der Waals surface area contributed by atoms with E-state index in [4.69, 9.17) is 5.73 Å². The average Bonchev–Trinajstić information content (AvgIpc) is 2.61. The molecule has 78 valence electrons. The number of aromatic nitrogens is 1. The lowest BCUT2D eigenvalue weighted by Gasteiger charge is -2.02. The Balaban J connectivity index is 2.79. The van der Waals surface area contributed by atoms with Crippen LogP contribution in [0.2, 0.25) is 0 Å². The summed E-state index contributed by atoms with van der Waals surface area (Å²) >= 11 is 0. The van der Waals surface area contributed by atoms with E-state index in [9.17, 15) is 13.2 Å². The van der Waals surface area contributed by atoms with Crippen LogP contribution in [0.25, 0.3) is 10.9 Å². The molecule has 0 saturated carbocycles. The zero-order valence-electron chi connectivity index (χ0n) is 7.62. The number of carbonyl (C=O) groups excluding carboxylic acids is 1. The maximum absolute atomic E-state index is 11.5. The molecular weight excluding hydrogens is 216 g/mol. The van der Waals surface area contributed by atoms with Crippen molar-refractivity contribution >= 4 is 26.2 Å². The molecule has 0 aliphatic heterocycles. The van der Waals surface area contributed by atoms with Crippen molar-refractivity contribution in [2.75, 3.05) is 0 Å². The Morgan fingerprint density at radius 1 is 1.20 bits per heavy atom. The normalized spacial score (nSPS) is 11.7. The second-order valence-electron chi connectivity index (χ2n) is 2.99. The topological polar surface area (TPSA) is 82.2 Å². The maximum atomic E-state index is 11.5. The Morgan fingerprint density at radius 2 is 1.87 bits per heavy atom. The SMILES string of the molecule is NC(=O)S(=O)(=O)n1ccc2ccccc21. The Morgan fingerprint density at radius 3 is 2.53 bits per heavy atom. The number of primary amides is 1. The molecule has 6 heteroatoms. The lowest BCUT2D eigenvalue weighted by molar-refractivity contribution is 0.265. The minimum absolute atomic E-state index is 0.441. The van der Waals surface area contributed by atoms with Gasteiger partial charge in [0.1, 0.15) is 0 Å². The third kappa shape index (κ3) is 1.39. The fourth-order valence-electron chi connectivity index (χ4n) is 1.36. The summed E-state index contributed by atoms with van der Waals surface area (Å²) in [4.78, 5) is 10.8. The summed E-state index contributed by atoms with van der Waals surface area (Å²) in [6.07, 6.45) is 1.31. The molecule has 1 aromatic heterocycles. The summed E-state index contributed by atoms with van der Waals surface area (Å²) in [6.45, 7) is 0. The lowest BCUT2D eigenvalue weighted by atomic mass is 10.3. The number of nitrogens with zero attached hydrogens (tertiary/aromatic N) is 1. The number of amides is 1. The number of carbonyl (C=O) groups is 1. The van der Waals surface area contributed by atoms with Crippen molar-refractivity contribution in [1.29, 1.82) is 0 Å². The van der Waals surface area contributed by atoms with E-state index in [1.54, 1.807) is 30.3 Å². The molecular formula is C9H8N2O3S. The van der Waals surface area contributed by atoms with Crippen molar-refractivity contribution in [3.8, 4) is 0 Å². The van der Waals surface area contributed by atoms with E-state index >= 15 is 0 Å². The summed E-state index contributed by atoms with van der Waals surface area (Å²) in [5, 5.41) is -0.619. The molecule has 0 bridgehead atoms. The number of hydrogen-bond donors (Lipinski definition) is 1. The number of para-hydroxylation sites is 1. The average molecular weight is 224 g/mol. The quantitative estimate of drug-likeness (QED) is 0.781. The first-order chi connectivity index (χ1) is 7.03. The molecule has 1 amide bonds. The highest BCUT2D eigenvalue weighted by Gasteiger charge is 2.21. The first-order valence-corrected chi connectivity index (χ1v) is 5.58. The molecule has 0 radical (unpaired) electrons. The third-order valence-electron chi connectivity index (χ3n) is 2.08. The van der Waals surface area contributed by atoms with Gasteiger partial charge in [0.15, 0.2) is 0 Å². The highest BCUT2D eigenvalue weighted by Crippen LogP contribution is 2.17. The number of benzene rings is 1. The second kappa shape index (κ2) is 3.09. The summed E-state index contributed by atoms with van der Waals surface area (Å²) in [7, 11) is -4.10. The van der Waals surface area contributed by atoms with Crippen molar-refractivity contribution in [3.05, 3.63) is 36.5 Å². The molecule has 0 aliphatic carbocycles. The number of rotatable bonds is 1. The maximum Gasteiger partial charge on any atom is 0.354 e.